The monoisotopic (exact) mass is 659 g/mol. The Labute approximate surface area is 275 Å². The number of benzene rings is 1. The molecule has 12 heteroatoms. The minimum absolute atomic E-state index is 0.179. The number of hydrogen-bond acceptors (Lipinski definition) is 12. The van der Waals surface area contributed by atoms with E-state index in [0.29, 0.717) is 37.4 Å². The van der Waals surface area contributed by atoms with Crippen molar-refractivity contribution in [2.24, 2.45) is 34.5 Å². The van der Waals surface area contributed by atoms with E-state index >= 15 is 0 Å². The number of carbonyl (C=O) groups is 2. The molecule has 1 aromatic rings. The second kappa shape index (κ2) is 11.4. The summed E-state index contributed by atoms with van der Waals surface area (Å²) in [5.41, 5.74) is -3.89. The Hall–Kier alpha value is -2.32. The molecular formula is C35H49NO11. The van der Waals surface area contributed by atoms with Crippen LogP contribution in [0.5, 0.6) is 5.75 Å². The average molecular weight is 660 g/mol. The summed E-state index contributed by atoms with van der Waals surface area (Å²) < 4.78 is 43.2. The fraction of sp³-hybridized carbons (Fsp3) is 0.771. The Bertz CT molecular complexity index is 1390. The molecule has 1 unspecified atom stereocenters. The van der Waals surface area contributed by atoms with E-state index in [1.165, 1.54) is 14.0 Å². The van der Waals surface area contributed by atoms with E-state index in [1.807, 2.05) is 0 Å². The number of piperidine rings is 1. The third-order valence-electron chi connectivity index (χ3n) is 13.4. The number of likely N-dealkylation sites (tertiary alicyclic amines) is 1. The predicted octanol–water partition coefficient (Wildman–Crippen LogP) is 1.69. The Morgan fingerprint density at radius 3 is 2.26 bits per heavy atom. The van der Waals surface area contributed by atoms with Gasteiger partial charge in [-0.15, -0.1) is 0 Å². The fourth-order valence-electron chi connectivity index (χ4n) is 12.4. The quantitative estimate of drug-likeness (QED) is 0.353. The van der Waals surface area contributed by atoms with Crippen molar-refractivity contribution in [3.05, 3.63) is 29.8 Å². The Balaban J connectivity index is 1.47. The molecule has 1 spiro atoms. The van der Waals surface area contributed by atoms with Gasteiger partial charge in [0.25, 0.3) is 0 Å². The lowest BCUT2D eigenvalue weighted by atomic mass is 9.42. The summed E-state index contributed by atoms with van der Waals surface area (Å²) in [6, 6.07) is 6.44. The molecular weight excluding hydrogens is 610 g/mol. The molecule has 2 N–H and O–H groups in total. The smallest absolute Gasteiger partial charge is 0.338 e. The van der Waals surface area contributed by atoms with Crippen LogP contribution in [0.25, 0.3) is 0 Å². The first-order chi connectivity index (χ1) is 22.5. The summed E-state index contributed by atoms with van der Waals surface area (Å²) >= 11 is 0. The molecule has 5 aliphatic carbocycles. The highest BCUT2D eigenvalue weighted by Crippen LogP contribution is 2.80. The number of nitrogens with zero attached hydrogens (tertiary/aromatic N) is 1. The average Bonchev–Trinajstić information content (AvgIpc) is 3.43. The van der Waals surface area contributed by atoms with Gasteiger partial charge in [-0.1, -0.05) is 6.92 Å². The third kappa shape index (κ3) is 4.00. The first-order valence-corrected chi connectivity index (χ1v) is 16.7. The van der Waals surface area contributed by atoms with Gasteiger partial charge in [-0.2, -0.15) is 0 Å². The third-order valence-corrected chi connectivity index (χ3v) is 13.4. The van der Waals surface area contributed by atoms with E-state index in [9.17, 15) is 19.8 Å². The number of rotatable bonds is 10. The molecule has 1 aliphatic heterocycles. The molecule has 0 radical (unpaired) electrons. The topological polar surface area (TPSA) is 142 Å². The number of ether oxygens (including phenoxy) is 7. The van der Waals surface area contributed by atoms with Crippen LogP contribution in [0.15, 0.2) is 24.3 Å². The van der Waals surface area contributed by atoms with Crippen molar-refractivity contribution in [1.82, 2.24) is 4.90 Å². The number of carbonyl (C=O) groups excluding carboxylic acids is 2. The molecule has 5 saturated carbocycles. The maximum atomic E-state index is 13.9. The van der Waals surface area contributed by atoms with Crippen molar-refractivity contribution < 1.29 is 53.0 Å². The van der Waals surface area contributed by atoms with Crippen molar-refractivity contribution in [3.8, 4) is 5.75 Å². The Morgan fingerprint density at radius 1 is 0.979 bits per heavy atom. The van der Waals surface area contributed by atoms with Gasteiger partial charge in [0, 0.05) is 89.4 Å². The van der Waals surface area contributed by atoms with Crippen LogP contribution in [0, 0.1) is 34.5 Å². The highest BCUT2D eigenvalue weighted by molar-refractivity contribution is 5.89. The summed E-state index contributed by atoms with van der Waals surface area (Å²) in [4.78, 5) is 29.5. The van der Waals surface area contributed by atoms with E-state index in [4.69, 9.17) is 33.2 Å². The van der Waals surface area contributed by atoms with Gasteiger partial charge in [-0.3, -0.25) is 9.69 Å². The van der Waals surface area contributed by atoms with Crippen molar-refractivity contribution in [1.29, 1.82) is 0 Å². The minimum Gasteiger partial charge on any atom is -0.497 e. The minimum atomic E-state index is -1.58. The lowest BCUT2D eigenvalue weighted by molar-refractivity contribution is -0.300. The molecule has 6 aliphatic rings. The Kier molecular flexibility index (Phi) is 8.02. The van der Waals surface area contributed by atoms with E-state index in [1.54, 1.807) is 52.7 Å². The zero-order valence-electron chi connectivity index (χ0n) is 28.3. The molecule has 0 amide bonds. The van der Waals surface area contributed by atoms with Gasteiger partial charge >= 0.3 is 11.9 Å². The van der Waals surface area contributed by atoms with Gasteiger partial charge < -0.3 is 43.4 Å². The number of aliphatic hydroxyl groups excluding tert-OH is 1. The van der Waals surface area contributed by atoms with Gasteiger partial charge in [-0.25, -0.2) is 4.79 Å². The maximum absolute atomic E-state index is 13.9. The van der Waals surface area contributed by atoms with Crippen LogP contribution in [-0.4, -0.2) is 130 Å². The molecule has 7 rings (SSSR count). The van der Waals surface area contributed by atoms with Crippen molar-refractivity contribution in [2.45, 2.75) is 80.9 Å². The maximum Gasteiger partial charge on any atom is 0.338 e. The summed E-state index contributed by atoms with van der Waals surface area (Å²) in [6.07, 6.45) is -2.70. The molecule has 47 heavy (non-hydrogen) atoms. The van der Waals surface area contributed by atoms with Crippen LogP contribution < -0.4 is 4.74 Å². The van der Waals surface area contributed by atoms with Crippen molar-refractivity contribution in [3.63, 3.8) is 0 Å². The molecule has 1 saturated heterocycles. The second-order valence-electron chi connectivity index (χ2n) is 14.7. The normalized spacial score (nSPS) is 47.4. The lowest BCUT2D eigenvalue weighted by Crippen LogP contribution is -2.79. The number of fused-ring (bicyclic) bond motifs is 2. The summed E-state index contributed by atoms with van der Waals surface area (Å²) in [5, 5.41) is 24.8. The van der Waals surface area contributed by atoms with E-state index in [2.05, 4.69) is 11.8 Å². The highest BCUT2D eigenvalue weighted by Gasteiger charge is 2.90. The Morgan fingerprint density at radius 2 is 1.68 bits per heavy atom. The standard InChI is InChI=1S/C35H49NO11/c1-8-36-16-32(17-41-3)22(38)13-23(43-5)35-21-14-33(40)24(44-6)15-34(47-18(2)37,26(29(35)36)27(45-7)28(32)35)25(21)30(33)46-31(39)19-9-11-20(42-4)12-10-19/h9-12,21-30,38,40H,8,13-17H2,1-7H3/t21-,22-,23+,24+,25-,26+,27+,28-,29?,30-,32+,33+,34-,35+/m1/s1. The van der Waals surface area contributed by atoms with Crippen molar-refractivity contribution in [2.75, 3.05) is 55.2 Å². The van der Waals surface area contributed by atoms with Crippen LogP contribution in [0.4, 0.5) is 0 Å². The highest BCUT2D eigenvalue weighted by atomic mass is 16.6. The van der Waals surface area contributed by atoms with Crippen molar-refractivity contribution >= 4 is 11.9 Å². The van der Waals surface area contributed by atoms with E-state index in [0.717, 1.165) is 0 Å². The molecule has 12 nitrogen and oxygen atoms in total. The van der Waals surface area contributed by atoms with Gasteiger partial charge in [0.1, 0.15) is 23.1 Å². The number of hydrogen-bond donors (Lipinski definition) is 2. The van der Waals surface area contributed by atoms with Crippen LogP contribution in [0.1, 0.15) is 43.5 Å². The number of esters is 2. The molecule has 7 bridgehead atoms. The van der Waals surface area contributed by atoms with Gasteiger partial charge in [-0.05, 0) is 43.1 Å². The number of methoxy groups -OCH3 is 5. The van der Waals surface area contributed by atoms with Gasteiger partial charge in [0.2, 0.25) is 0 Å². The largest absolute Gasteiger partial charge is 0.497 e. The lowest BCUT2D eigenvalue weighted by Gasteiger charge is -2.70. The first-order valence-electron chi connectivity index (χ1n) is 16.7. The van der Waals surface area contributed by atoms with Crippen LogP contribution in [0.3, 0.4) is 0 Å². The van der Waals surface area contributed by atoms with Gasteiger partial charge in [0.15, 0.2) is 0 Å². The molecule has 1 heterocycles. The molecule has 0 aromatic heterocycles. The van der Waals surface area contributed by atoms with Crippen LogP contribution in [0.2, 0.25) is 0 Å². The molecule has 1 aromatic carbocycles. The molecule has 6 fully saturated rings. The van der Waals surface area contributed by atoms with Crippen LogP contribution >= 0.6 is 0 Å². The molecule has 260 valence electrons. The summed E-state index contributed by atoms with van der Waals surface area (Å²) in [5.74, 6) is -2.10. The van der Waals surface area contributed by atoms with Gasteiger partial charge in [0.05, 0.1) is 43.7 Å². The fourth-order valence-corrected chi connectivity index (χ4v) is 12.4. The first kappa shape index (κ1) is 33.2. The molecule has 14 atom stereocenters. The number of aliphatic hydroxyl groups is 2. The zero-order valence-corrected chi connectivity index (χ0v) is 28.3. The van der Waals surface area contributed by atoms with E-state index < -0.39 is 76.3 Å². The summed E-state index contributed by atoms with van der Waals surface area (Å²) in [7, 11) is 8.11. The predicted molar refractivity (Wildman–Crippen MR) is 166 cm³/mol. The second-order valence-corrected chi connectivity index (χ2v) is 14.7. The van der Waals surface area contributed by atoms with E-state index in [-0.39, 0.29) is 30.7 Å². The SMILES string of the molecule is CCN1C[C@]2(COC)[C@H](O)C[C@H](OC)[C@]34C1[C@H]([C@H](OC)[C@H]23)[C@@]1(OC(C)=O)C[C@H](OC)[C@@]2(O)C[C@@H]4[C@@H]1[C@H]2OC(=O)c1ccc(OC)cc1. The van der Waals surface area contributed by atoms with Crippen LogP contribution in [-0.2, 0) is 33.2 Å². The summed E-state index contributed by atoms with van der Waals surface area (Å²) in [6.45, 7) is 5.04. The zero-order chi connectivity index (χ0) is 33.7.